The molecule has 28 heavy (non-hydrogen) atoms. The van der Waals surface area contributed by atoms with Crippen molar-refractivity contribution >= 4 is 23.3 Å². The number of nitrogens with two attached hydrogens (primary N) is 1. The molecule has 0 saturated heterocycles. The van der Waals surface area contributed by atoms with Crippen LogP contribution in [0.5, 0.6) is 0 Å². The summed E-state index contributed by atoms with van der Waals surface area (Å²) in [5.74, 6) is -0.936. The molecule has 1 atom stereocenters. The first kappa shape index (κ1) is 20.9. The largest absolute Gasteiger partial charge is 0.452 e. The molecule has 0 unspecified atom stereocenters. The van der Waals surface area contributed by atoms with E-state index in [4.69, 9.17) is 10.5 Å². The van der Waals surface area contributed by atoms with Crippen LogP contribution in [0.2, 0.25) is 0 Å². The van der Waals surface area contributed by atoms with E-state index in [2.05, 4.69) is 19.2 Å². The number of ether oxygens (including phenoxy) is 1. The Kier molecular flexibility index (Phi) is 7.08. The maximum atomic E-state index is 12.3. The summed E-state index contributed by atoms with van der Waals surface area (Å²) >= 11 is 0. The van der Waals surface area contributed by atoms with E-state index in [0.29, 0.717) is 5.92 Å². The molecule has 0 aliphatic heterocycles. The maximum Gasteiger partial charge on any atom is 0.338 e. The number of hydrogen-bond acceptors (Lipinski definition) is 6. The summed E-state index contributed by atoms with van der Waals surface area (Å²) in [6.45, 7) is 3.62. The van der Waals surface area contributed by atoms with E-state index in [-0.39, 0.29) is 23.0 Å². The fourth-order valence-electron chi connectivity index (χ4n) is 2.71. The first-order valence-electron chi connectivity index (χ1n) is 8.83. The lowest BCUT2D eigenvalue weighted by atomic mass is 9.97. The fraction of sp³-hybridized carbons (Fsp3) is 0.300. The SMILES string of the molecule is CC(C)C[C@@H](NC(=O)COC(=O)c1ccc(N)c([N+](=O)[O-])c1)c1ccccc1. The van der Waals surface area contributed by atoms with Crippen LogP contribution in [0.4, 0.5) is 11.4 Å². The summed E-state index contributed by atoms with van der Waals surface area (Å²) in [7, 11) is 0. The first-order chi connectivity index (χ1) is 13.3. The van der Waals surface area contributed by atoms with Gasteiger partial charge in [0.2, 0.25) is 0 Å². The van der Waals surface area contributed by atoms with Crippen molar-refractivity contribution in [2.45, 2.75) is 26.3 Å². The topological polar surface area (TPSA) is 125 Å². The van der Waals surface area contributed by atoms with Crippen LogP contribution >= 0.6 is 0 Å². The Bertz CT molecular complexity index is 852. The molecular formula is C20H23N3O5. The first-order valence-corrected chi connectivity index (χ1v) is 8.83. The number of esters is 1. The predicted octanol–water partition coefficient (Wildman–Crippen LogP) is 3.24. The van der Waals surface area contributed by atoms with E-state index in [1.54, 1.807) is 0 Å². The molecule has 0 heterocycles. The number of anilines is 1. The molecule has 3 N–H and O–H groups in total. The lowest BCUT2D eigenvalue weighted by molar-refractivity contribution is -0.383. The highest BCUT2D eigenvalue weighted by Crippen LogP contribution is 2.23. The third kappa shape index (κ3) is 5.80. The van der Waals surface area contributed by atoms with Gasteiger partial charge >= 0.3 is 5.97 Å². The molecule has 0 spiro atoms. The Morgan fingerprint density at radius 1 is 1.18 bits per heavy atom. The zero-order valence-corrected chi connectivity index (χ0v) is 15.8. The zero-order chi connectivity index (χ0) is 20.7. The second-order valence-electron chi connectivity index (χ2n) is 6.77. The van der Waals surface area contributed by atoms with Crippen molar-refractivity contribution in [2.75, 3.05) is 12.3 Å². The van der Waals surface area contributed by atoms with Crippen LogP contribution in [0.3, 0.4) is 0 Å². The van der Waals surface area contributed by atoms with Gasteiger partial charge in [0.25, 0.3) is 11.6 Å². The van der Waals surface area contributed by atoms with Crippen LogP contribution in [-0.2, 0) is 9.53 Å². The molecular weight excluding hydrogens is 362 g/mol. The third-order valence-electron chi connectivity index (χ3n) is 4.04. The summed E-state index contributed by atoms with van der Waals surface area (Å²) < 4.78 is 4.99. The van der Waals surface area contributed by atoms with E-state index >= 15 is 0 Å². The average molecular weight is 385 g/mol. The minimum absolute atomic E-state index is 0.0458. The van der Waals surface area contributed by atoms with Crippen molar-refractivity contribution in [1.29, 1.82) is 0 Å². The van der Waals surface area contributed by atoms with Gasteiger partial charge in [-0.25, -0.2) is 4.79 Å². The molecule has 2 aromatic rings. The normalized spacial score (nSPS) is 11.7. The van der Waals surface area contributed by atoms with E-state index in [0.717, 1.165) is 18.1 Å². The molecule has 8 nitrogen and oxygen atoms in total. The van der Waals surface area contributed by atoms with Crippen LogP contribution in [-0.4, -0.2) is 23.4 Å². The monoisotopic (exact) mass is 385 g/mol. The van der Waals surface area contributed by atoms with Crippen LogP contribution < -0.4 is 11.1 Å². The summed E-state index contributed by atoms with van der Waals surface area (Å²) in [4.78, 5) is 34.6. The van der Waals surface area contributed by atoms with E-state index in [9.17, 15) is 19.7 Å². The van der Waals surface area contributed by atoms with Crippen molar-refractivity contribution in [2.24, 2.45) is 5.92 Å². The van der Waals surface area contributed by atoms with Gasteiger partial charge in [-0.2, -0.15) is 0 Å². The van der Waals surface area contributed by atoms with Gasteiger partial charge in [-0.05, 0) is 30.0 Å². The summed E-state index contributed by atoms with van der Waals surface area (Å²) in [5.41, 5.74) is 5.98. The molecule has 8 heteroatoms. The number of hydrogen-bond donors (Lipinski definition) is 2. The van der Waals surface area contributed by atoms with Gasteiger partial charge in [0.1, 0.15) is 5.69 Å². The van der Waals surface area contributed by atoms with Gasteiger partial charge in [-0.1, -0.05) is 44.2 Å². The Balaban J connectivity index is 1.99. The van der Waals surface area contributed by atoms with Crippen molar-refractivity contribution in [1.82, 2.24) is 5.32 Å². The number of carbonyl (C=O) groups excluding carboxylic acids is 2. The highest BCUT2D eigenvalue weighted by Gasteiger charge is 2.19. The quantitative estimate of drug-likeness (QED) is 0.311. The van der Waals surface area contributed by atoms with Crippen molar-refractivity contribution in [3.63, 3.8) is 0 Å². The van der Waals surface area contributed by atoms with Crippen LogP contribution in [0.1, 0.15) is 42.2 Å². The standard InChI is InChI=1S/C20H23N3O5/c1-13(2)10-17(14-6-4-3-5-7-14)22-19(24)12-28-20(25)15-8-9-16(21)18(11-15)23(26)27/h3-9,11,13,17H,10,12,21H2,1-2H3,(H,22,24)/t17-/m1/s1. The molecule has 2 rings (SSSR count). The van der Waals surface area contributed by atoms with Gasteiger partial charge in [0, 0.05) is 6.07 Å². The zero-order valence-electron chi connectivity index (χ0n) is 15.8. The van der Waals surface area contributed by atoms with Crippen LogP contribution in [0.15, 0.2) is 48.5 Å². The summed E-state index contributed by atoms with van der Waals surface area (Å²) in [6, 6.07) is 12.9. The lowest BCUT2D eigenvalue weighted by Gasteiger charge is -2.21. The maximum absolute atomic E-state index is 12.3. The number of nitro groups is 1. The molecule has 0 saturated carbocycles. The summed E-state index contributed by atoms with van der Waals surface area (Å²) in [6.07, 6.45) is 0.730. The molecule has 2 aromatic carbocycles. The third-order valence-corrected chi connectivity index (χ3v) is 4.04. The molecule has 1 amide bonds. The minimum atomic E-state index is -0.835. The number of nitrogens with one attached hydrogen (secondary N) is 1. The van der Waals surface area contributed by atoms with Crippen molar-refractivity contribution in [3.8, 4) is 0 Å². The number of nitro benzene ring substituents is 1. The number of nitrogens with zero attached hydrogens (tertiary/aromatic N) is 1. The lowest BCUT2D eigenvalue weighted by Crippen LogP contribution is -2.33. The highest BCUT2D eigenvalue weighted by molar-refractivity contribution is 5.92. The highest BCUT2D eigenvalue weighted by atomic mass is 16.6. The molecule has 0 aromatic heterocycles. The predicted molar refractivity (Wildman–Crippen MR) is 105 cm³/mol. The van der Waals surface area contributed by atoms with E-state index in [1.807, 2.05) is 30.3 Å². The Hall–Kier alpha value is -3.42. The van der Waals surface area contributed by atoms with Gasteiger partial charge in [0.15, 0.2) is 6.61 Å². The molecule has 0 radical (unpaired) electrons. The Morgan fingerprint density at radius 3 is 2.46 bits per heavy atom. The van der Waals surface area contributed by atoms with Crippen LogP contribution in [0, 0.1) is 16.0 Å². The fourth-order valence-corrected chi connectivity index (χ4v) is 2.71. The minimum Gasteiger partial charge on any atom is -0.452 e. The van der Waals surface area contributed by atoms with Gasteiger partial charge in [0.05, 0.1) is 16.5 Å². The number of amides is 1. The Morgan fingerprint density at radius 2 is 1.86 bits per heavy atom. The smallest absolute Gasteiger partial charge is 0.338 e. The van der Waals surface area contributed by atoms with Crippen LogP contribution in [0.25, 0.3) is 0 Å². The van der Waals surface area contributed by atoms with E-state index in [1.165, 1.54) is 12.1 Å². The number of nitrogen functional groups attached to an aromatic ring is 1. The molecule has 0 bridgehead atoms. The summed E-state index contributed by atoms with van der Waals surface area (Å²) in [5, 5.41) is 13.8. The van der Waals surface area contributed by atoms with Gasteiger partial charge in [-0.15, -0.1) is 0 Å². The number of carbonyl (C=O) groups is 2. The molecule has 0 aliphatic carbocycles. The Labute approximate surface area is 162 Å². The number of benzene rings is 2. The molecule has 0 aliphatic rings. The molecule has 148 valence electrons. The van der Waals surface area contributed by atoms with Crippen molar-refractivity contribution < 1.29 is 19.2 Å². The second-order valence-corrected chi connectivity index (χ2v) is 6.77. The van der Waals surface area contributed by atoms with E-state index < -0.39 is 23.4 Å². The van der Waals surface area contributed by atoms with Crippen molar-refractivity contribution in [3.05, 3.63) is 69.8 Å². The molecule has 0 fully saturated rings. The van der Waals surface area contributed by atoms with Gasteiger partial charge in [-0.3, -0.25) is 14.9 Å². The van der Waals surface area contributed by atoms with Gasteiger partial charge < -0.3 is 15.8 Å². The average Bonchev–Trinajstić information content (AvgIpc) is 2.66. The second kappa shape index (κ2) is 9.50. The number of rotatable bonds is 8.